The van der Waals surface area contributed by atoms with Crippen molar-refractivity contribution in [2.24, 2.45) is 0 Å². The Kier molecular flexibility index (Phi) is 6.35. The molecule has 2 rings (SSSR count). The van der Waals surface area contributed by atoms with Crippen molar-refractivity contribution in [2.45, 2.75) is 52.9 Å². The topological polar surface area (TPSA) is 70.1 Å². The molecule has 0 spiro atoms. The first-order valence-electron chi connectivity index (χ1n) is 9.17. The summed E-state index contributed by atoms with van der Waals surface area (Å²) in [5.41, 5.74) is 4.37. The minimum Gasteiger partial charge on any atom is -0.478 e. The Morgan fingerprint density at radius 3 is 2.04 bits per heavy atom. The Hall–Kier alpha value is -1.89. The highest BCUT2D eigenvalue weighted by Gasteiger charge is 2.29. The number of carboxylic acids is 1. The number of thiol groups is 1. The molecule has 6 nitrogen and oxygen atoms in total. The maximum Gasteiger partial charge on any atom is 0.410 e. The molecule has 0 saturated carbocycles. The summed E-state index contributed by atoms with van der Waals surface area (Å²) in [5, 5.41) is 9.69. The van der Waals surface area contributed by atoms with E-state index in [9.17, 15) is 14.7 Å². The van der Waals surface area contributed by atoms with Crippen molar-refractivity contribution < 1.29 is 19.4 Å². The molecule has 0 aliphatic carbocycles. The molecule has 7 heteroatoms. The number of rotatable bonds is 3. The summed E-state index contributed by atoms with van der Waals surface area (Å²) >= 11 is 4.41. The van der Waals surface area contributed by atoms with Crippen LogP contribution in [0.2, 0.25) is 0 Å². The van der Waals surface area contributed by atoms with Gasteiger partial charge in [-0.1, -0.05) is 0 Å². The van der Waals surface area contributed by atoms with Gasteiger partial charge in [0.2, 0.25) is 0 Å². The van der Waals surface area contributed by atoms with Crippen LogP contribution in [-0.2, 0) is 10.5 Å². The first-order valence-corrected chi connectivity index (χ1v) is 9.80. The average molecular weight is 395 g/mol. The molecule has 1 heterocycles. The third-order valence-electron chi connectivity index (χ3n) is 4.99. The van der Waals surface area contributed by atoms with Crippen molar-refractivity contribution >= 4 is 30.4 Å². The van der Waals surface area contributed by atoms with E-state index in [1.807, 2.05) is 41.5 Å². The lowest BCUT2D eigenvalue weighted by Crippen LogP contribution is -2.50. The van der Waals surface area contributed by atoms with Crippen LogP contribution < -0.4 is 4.90 Å². The highest BCUT2D eigenvalue weighted by atomic mass is 32.1. The summed E-state index contributed by atoms with van der Waals surface area (Å²) < 4.78 is 5.45. The van der Waals surface area contributed by atoms with Gasteiger partial charge in [0.1, 0.15) is 5.60 Å². The molecule has 150 valence electrons. The third-order valence-corrected chi connectivity index (χ3v) is 5.30. The molecule has 1 fully saturated rings. The number of nitrogens with zero attached hydrogens (tertiary/aromatic N) is 2. The van der Waals surface area contributed by atoms with E-state index in [1.165, 1.54) is 0 Å². The van der Waals surface area contributed by atoms with Crippen LogP contribution in [0, 0.1) is 20.8 Å². The van der Waals surface area contributed by atoms with Crippen molar-refractivity contribution in [3.8, 4) is 0 Å². The van der Waals surface area contributed by atoms with E-state index in [4.69, 9.17) is 4.74 Å². The standard InChI is InChI=1S/C20H30N2O4S/c1-12-15(11-27)13(2)17(14(3)16(12)18(23)24)21-7-9-22(10-8-21)19(25)26-20(4,5)6/h27H,7-11H2,1-6H3,(H,23,24). The number of ether oxygens (including phenoxy) is 1. The first-order chi connectivity index (χ1) is 12.5. The number of carboxylic acid groups (broad SMARTS) is 1. The molecule has 0 unspecified atom stereocenters. The van der Waals surface area contributed by atoms with Gasteiger partial charge in [-0.3, -0.25) is 0 Å². The van der Waals surface area contributed by atoms with Crippen LogP contribution in [0.25, 0.3) is 0 Å². The van der Waals surface area contributed by atoms with Gasteiger partial charge in [-0.05, 0) is 63.8 Å². The number of amides is 1. The van der Waals surface area contributed by atoms with Gasteiger partial charge in [0.15, 0.2) is 0 Å². The van der Waals surface area contributed by atoms with Crippen LogP contribution >= 0.6 is 12.6 Å². The second-order valence-corrected chi connectivity index (χ2v) is 8.31. The molecule has 0 bridgehead atoms. The molecule has 1 aliphatic heterocycles. The highest BCUT2D eigenvalue weighted by Crippen LogP contribution is 2.35. The van der Waals surface area contributed by atoms with Gasteiger partial charge < -0.3 is 19.6 Å². The first kappa shape index (κ1) is 21.4. The molecule has 1 aromatic rings. The van der Waals surface area contributed by atoms with E-state index >= 15 is 0 Å². The number of piperazine rings is 1. The Bertz CT molecular complexity index is 748. The minimum absolute atomic E-state index is 0.304. The molecular weight excluding hydrogens is 364 g/mol. The lowest BCUT2D eigenvalue weighted by Gasteiger charge is -2.38. The average Bonchev–Trinajstić information content (AvgIpc) is 2.53. The monoisotopic (exact) mass is 394 g/mol. The molecule has 1 N–H and O–H groups in total. The van der Waals surface area contributed by atoms with Crippen molar-refractivity contribution in [3.05, 3.63) is 27.8 Å². The maximum atomic E-state index is 12.3. The van der Waals surface area contributed by atoms with Gasteiger partial charge in [0, 0.05) is 37.6 Å². The summed E-state index contributed by atoms with van der Waals surface area (Å²) in [4.78, 5) is 28.0. The molecule has 1 amide bonds. The second kappa shape index (κ2) is 8.00. The van der Waals surface area contributed by atoms with Gasteiger partial charge in [-0.2, -0.15) is 12.6 Å². The highest BCUT2D eigenvalue weighted by molar-refractivity contribution is 7.79. The normalized spacial score (nSPS) is 15.1. The van der Waals surface area contributed by atoms with Crippen LogP contribution in [0.3, 0.4) is 0 Å². The Morgan fingerprint density at radius 2 is 1.59 bits per heavy atom. The molecule has 0 aromatic heterocycles. The van der Waals surface area contributed by atoms with E-state index in [2.05, 4.69) is 17.5 Å². The zero-order valence-corrected chi connectivity index (χ0v) is 17.9. The third kappa shape index (κ3) is 4.51. The summed E-state index contributed by atoms with van der Waals surface area (Å²) in [6.07, 6.45) is -0.304. The fraction of sp³-hybridized carbons (Fsp3) is 0.600. The predicted octanol–water partition coefficient (Wildman–Crippen LogP) is 3.80. The van der Waals surface area contributed by atoms with Crippen LogP contribution in [0.1, 0.15) is 53.4 Å². The molecular formula is C20H30N2O4S. The Morgan fingerprint density at radius 1 is 1.04 bits per heavy atom. The Balaban J connectivity index is 2.29. The van der Waals surface area contributed by atoms with Crippen molar-refractivity contribution in [1.82, 2.24) is 4.90 Å². The number of anilines is 1. The van der Waals surface area contributed by atoms with Crippen LogP contribution in [-0.4, -0.2) is 53.8 Å². The van der Waals surface area contributed by atoms with Gasteiger partial charge >= 0.3 is 12.1 Å². The summed E-state index contributed by atoms with van der Waals surface area (Å²) in [6, 6.07) is 0. The summed E-state index contributed by atoms with van der Waals surface area (Å²) in [5.74, 6) is -0.426. The lowest BCUT2D eigenvalue weighted by atomic mass is 9.91. The summed E-state index contributed by atoms with van der Waals surface area (Å²) in [6.45, 7) is 13.6. The molecule has 0 radical (unpaired) electrons. The largest absolute Gasteiger partial charge is 0.478 e. The number of hydrogen-bond donors (Lipinski definition) is 2. The SMILES string of the molecule is Cc1c(CS)c(C)c(N2CCN(C(=O)OC(C)(C)C)CC2)c(C)c1C(=O)O. The van der Waals surface area contributed by atoms with Gasteiger partial charge in [-0.25, -0.2) is 9.59 Å². The zero-order chi connectivity index (χ0) is 20.5. The number of benzene rings is 1. The van der Waals surface area contributed by atoms with E-state index in [0.29, 0.717) is 37.5 Å². The summed E-state index contributed by atoms with van der Waals surface area (Å²) in [7, 11) is 0. The van der Waals surface area contributed by atoms with Crippen LogP contribution in [0.5, 0.6) is 0 Å². The van der Waals surface area contributed by atoms with E-state index in [0.717, 1.165) is 27.9 Å². The van der Waals surface area contributed by atoms with Gasteiger partial charge in [0.05, 0.1) is 5.56 Å². The van der Waals surface area contributed by atoms with Crippen molar-refractivity contribution in [1.29, 1.82) is 0 Å². The second-order valence-electron chi connectivity index (χ2n) is 7.99. The quantitative estimate of drug-likeness (QED) is 0.763. The molecule has 0 atom stereocenters. The fourth-order valence-electron chi connectivity index (χ4n) is 3.73. The smallest absolute Gasteiger partial charge is 0.410 e. The zero-order valence-electron chi connectivity index (χ0n) is 17.0. The molecule has 27 heavy (non-hydrogen) atoms. The van der Waals surface area contributed by atoms with Gasteiger partial charge in [-0.15, -0.1) is 0 Å². The van der Waals surface area contributed by atoms with E-state index in [-0.39, 0.29) is 6.09 Å². The molecule has 1 aliphatic rings. The number of carbonyl (C=O) groups excluding carboxylic acids is 1. The van der Waals surface area contributed by atoms with Crippen molar-refractivity contribution in [2.75, 3.05) is 31.1 Å². The minimum atomic E-state index is -0.915. The van der Waals surface area contributed by atoms with E-state index < -0.39 is 11.6 Å². The molecule has 1 saturated heterocycles. The number of aromatic carboxylic acids is 1. The van der Waals surface area contributed by atoms with Crippen LogP contribution in [0.15, 0.2) is 0 Å². The van der Waals surface area contributed by atoms with E-state index in [1.54, 1.807) is 4.90 Å². The Labute approximate surface area is 166 Å². The molecule has 1 aromatic carbocycles. The van der Waals surface area contributed by atoms with Gasteiger partial charge in [0.25, 0.3) is 0 Å². The predicted molar refractivity (Wildman–Crippen MR) is 110 cm³/mol. The van der Waals surface area contributed by atoms with Crippen molar-refractivity contribution in [3.63, 3.8) is 0 Å². The lowest BCUT2D eigenvalue weighted by molar-refractivity contribution is 0.0240. The number of hydrogen-bond acceptors (Lipinski definition) is 5. The fourth-order valence-corrected chi connectivity index (χ4v) is 4.20. The van der Waals surface area contributed by atoms with Crippen LogP contribution in [0.4, 0.5) is 10.5 Å². The number of carbonyl (C=O) groups is 2. The maximum absolute atomic E-state index is 12.3.